The van der Waals surface area contributed by atoms with Gasteiger partial charge in [-0.05, 0) is 22.9 Å². The molecule has 1 rings (SSSR count). The summed E-state index contributed by atoms with van der Waals surface area (Å²) in [6.45, 7) is 1.09. The Labute approximate surface area is 92.4 Å². The fraction of sp³-hybridized carbons (Fsp3) is 0.125. The third kappa shape index (κ3) is 1.91. The van der Waals surface area contributed by atoms with Gasteiger partial charge in [-0.25, -0.2) is 0 Å². The molecule has 0 aromatic heterocycles. The summed E-state index contributed by atoms with van der Waals surface area (Å²) in [4.78, 5) is 20.7. The van der Waals surface area contributed by atoms with E-state index in [2.05, 4.69) is 15.9 Å². The van der Waals surface area contributed by atoms with E-state index in [-0.39, 0.29) is 4.47 Å². The second-order valence-corrected chi connectivity index (χ2v) is 3.62. The Morgan fingerprint density at radius 2 is 2.00 bits per heavy atom. The number of nitro benzene ring substituents is 1. The number of carbonyl (C=O) groups excluding carboxylic acids is 1. The summed E-state index contributed by atoms with van der Waals surface area (Å²) in [5.41, 5.74) is -1.10. The first kappa shape index (κ1) is 11.4. The second-order valence-electron chi connectivity index (χ2n) is 2.76. The van der Waals surface area contributed by atoms with E-state index in [1.165, 1.54) is 0 Å². The minimum atomic E-state index is -0.841. The molecule has 0 fully saturated rings. The van der Waals surface area contributed by atoms with Crippen LogP contribution in [0.5, 0.6) is 11.5 Å². The van der Waals surface area contributed by atoms with E-state index in [1.54, 1.807) is 0 Å². The maximum atomic E-state index is 11.1. The van der Waals surface area contributed by atoms with Gasteiger partial charge in [-0.15, -0.1) is 0 Å². The molecule has 0 bridgehead atoms. The minimum absolute atomic E-state index is 0.0165. The van der Waals surface area contributed by atoms with Gasteiger partial charge in [0.15, 0.2) is 5.78 Å². The molecule has 1 aromatic rings. The lowest BCUT2D eigenvalue weighted by Gasteiger charge is -2.05. The van der Waals surface area contributed by atoms with E-state index >= 15 is 0 Å². The van der Waals surface area contributed by atoms with Crippen molar-refractivity contribution in [3.05, 3.63) is 26.2 Å². The number of hydrogen-bond donors (Lipinski definition) is 2. The highest BCUT2D eigenvalue weighted by Gasteiger charge is 2.25. The normalized spacial score (nSPS) is 10.0. The van der Waals surface area contributed by atoms with Crippen LogP contribution in [0, 0.1) is 10.1 Å². The summed E-state index contributed by atoms with van der Waals surface area (Å²) >= 11 is 2.85. The van der Waals surface area contributed by atoms with Crippen molar-refractivity contribution < 1.29 is 19.9 Å². The highest BCUT2D eigenvalue weighted by molar-refractivity contribution is 9.10. The molecule has 0 heterocycles. The zero-order chi connectivity index (χ0) is 11.7. The average Bonchev–Trinajstić information content (AvgIpc) is 2.10. The molecule has 0 atom stereocenters. The van der Waals surface area contributed by atoms with Crippen molar-refractivity contribution in [2.45, 2.75) is 6.92 Å². The van der Waals surface area contributed by atoms with Crippen LogP contribution in [0.4, 0.5) is 5.69 Å². The van der Waals surface area contributed by atoms with Gasteiger partial charge in [0.05, 0.1) is 9.40 Å². The lowest BCUT2D eigenvalue weighted by atomic mass is 10.1. The molecule has 0 radical (unpaired) electrons. The molecule has 0 aliphatic rings. The molecule has 0 spiro atoms. The third-order valence-electron chi connectivity index (χ3n) is 1.75. The van der Waals surface area contributed by atoms with Crippen LogP contribution in [0.1, 0.15) is 17.3 Å². The van der Waals surface area contributed by atoms with E-state index in [0.29, 0.717) is 0 Å². The van der Waals surface area contributed by atoms with Crippen LogP contribution < -0.4 is 0 Å². The standard InChI is InChI=1S/C8H6BrNO5/c1-3(11)6-7(12)4(9)2-5(8(6)13)10(14)15/h2,12-13H,1H3. The monoisotopic (exact) mass is 275 g/mol. The van der Waals surface area contributed by atoms with Gasteiger partial charge in [-0.2, -0.15) is 0 Å². The number of rotatable bonds is 2. The molecule has 0 amide bonds. The number of nitrogens with zero attached hydrogens (tertiary/aromatic N) is 1. The molecule has 0 saturated heterocycles. The van der Waals surface area contributed by atoms with E-state index in [4.69, 9.17) is 0 Å². The highest BCUT2D eigenvalue weighted by Crippen LogP contribution is 2.41. The van der Waals surface area contributed by atoms with Crippen LogP contribution in [-0.2, 0) is 0 Å². The largest absolute Gasteiger partial charge is 0.506 e. The van der Waals surface area contributed by atoms with Crippen molar-refractivity contribution in [3.8, 4) is 11.5 Å². The molecule has 15 heavy (non-hydrogen) atoms. The predicted molar refractivity (Wildman–Crippen MR) is 54.1 cm³/mol. The van der Waals surface area contributed by atoms with Gasteiger partial charge in [0.25, 0.3) is 0 Å². The molecule has 1 aromatic carbocycles. The molecule has 7 heteroatoms. The number of carbonyl (C=O) groups is 1. The van der Waals surface area contributed by atoms with E-state index in [9.17, 15) is 25.1 Å². The Hall–Kier alpha value is -1.63. The molecular weight excluding hydrogens is 270 g/mol. The van der Waals surface area contributed by atoms with Crippen molar-refractivity contribution in [1.29, 1.82) is 0 Å². The molecule has 6 nitrogen and oxygen atoms in total. The summed E-state index contributed by atoms with van der Waals surface area (Å²) < 4.78 is -0.0165. The zero-order valence-electron chi connectivity index (χ0n) is 7.52. The first-order valence-corrected chi connectivity index (χ1v) is 4.55. The minimum Gasteiger partial charge on any atom is -0.506 e. The maximum Gasteiger partial charge on any atom is 0.312 e. The smallest absolute Gasteiger partial charge is 0.312 e. The lowest BCUT2D eigenvalue weighted by molar-refractivity contribution is -0.386. The van der Waals surface area contributed by atoms with E-state index < -0.39 is 33.5 Å². The van der Waals surface area contributed by atoms with Gasteiger partial charge in [-0.1, -0.05) is 0 Å². The van der Waals surface area contributed by atoms with Gasteiger partial charge in [0.1, 0.15) is 11.3 Å². The number of aromatic hydroxyl groups is 2. The number of nitro groups is 1. The van der Waals surface area contributed by atoms with Gasteiger partial charge in [0, 0.05) is 6.07 Å². The number of benzene rings is 1. The highest BCUT2D eigenvalue weighted by atomic mass is 79.9. The molecule has 0 aliphatic heterocycles. The van der Waals surface area contributed by atoms with Gasteiger partial charge < -0.3 is 10.2 Å². The number of Topliss-reactive ketones (excluding diaryl/α,β-unsaturated/α-hetero) is 1. The Morgan fingerprint density at radius 1 is 1.47 bits per heavy atom. The second kappa shape index (κ2) is 3.85. The number of ketones is 1. The quantitative estimate of drug-likeness (QED) is 0.488. The Morgan fingerprint density at radius 3 is 2.40 bits per heavy atom. The van der Waals surface area contributed by atoms with Crippen molar-refractivity contribution in [2.75, 3.05) is 0 Å². The average molecular weight is 276 g/mol. The van der Waals surface area contributed by atoms with Crippen LogP contribution in [0.15, 0.2) is 10.5 Å². The molecule has 0 unspecified atom stereocenters. The van der Waals surface area contributed by atoms with Crippen LogP contribution in [0.2, 0.25) is 0 Å². The van der Waals surface area contributed by atoms with Crippen LogP contribution in [0.25, 0.3) is 0 Å². The molecule has 0 aliphatic carbocycles. The van der Waals surface area contributed by atoms with Gasteiger partial charge in [0.2, 0.25) is 5.75 Å². The van der Waals surface area contributed by atoms with Gasteiger partial charge >= 0.3 is 5.69 Å². The Balaban J connectivity index is 3.63. The SMILES string of the molecule is CC(=O)c1c(O)c(Br)cc([N+](=O)[O-])c1O. The van der Waals surface area contributed by atoms with E-state index in [1.807, 2.05) is 0 Å². The number of phenolic OH excluding ortho intramolecular Hbond substituents is 2. The summed E-state index contributed by atoms with van der Waals surface area (Å²) in [7, 11) is 0. The Bertz CT molecular complexity index is 457. The predicted octanol–water partition coefficient (Wildman–Crippen LogP) is 1.97. The van der Waals surface area contributed by atoms with Crippen LogP contribution in [0.3, 0.4) is 0 Å². The summed E-state index contributed by atoms with van der Waals surface area (Å²) in [5.74, 6) is -1.99. The molecular formula is C8H6BrNO5. The van der Waals surface area contributed by atoms with Crippen molar-refractivity contribution in [1.82, 2.24) is 0 Å². The Kier molecular flexibility index (Phi) is 2.94. The molecule has 0 saturated carbocycles. The zero-order valence-corrected chi connectivity index (χ0v) is 9.11. The lowest BCUT2D eigenvalue weighted by Crippen LogP contribution is -1.98. The van der Waals surface area contributed by atoms with Gasteiger partial charge in [-0.3, -0.25) is 14.9 Å². The van der Waals surface area contributed by atoms with Crippen molar-refractivity contribution in [2.24, 2.45) is 0 Å². The fourth-order valence-corrected chi connectivity index (χ4v) is 1.50. The number of halogens is 1. The summed E-state index contributed by atoms with van der Waals surface area (Å²) in [5, 5.41) is 29.3. The van der Waals surface area contributed by atoms with Crippen molar-refractivity contribution in [3.63, 3.8) is 0 Å². The summed E-state index contributed by atoms with van der Waals surface area (Å²) in [6, 6.07) is 0.928. The third-order valence-corrected chi connectivity index (χ3v) is 2.36. The van der Waals surface area contributed by atoms with Crippen LogP contribution in [-0.4, -0.2) is 20.9 Å². The first-order valence-electron chi connectivity index (χ1n) is 3.76. The number of phenols is 2. The molecule has 80 valence electrons. The maximum absolute atomic E-state index is 11.1. The molecule has 2 N–H and O–H groups in total. The van der Waals surface area contributed by atoms with Crippen molar-refractivity contribution >= 4 is 27.4 Å². The fourth-order valence-electron chi connectivity index (χ4n) is 1.09. The van der Waals surface area contributed by atoms with E-state index in [0.717, 1.165) is 13.0 Å². The number of hydrogen-bond acceptors (Lipinski definition) is 5. The topological polar surface area (TPSA) is 101 Å². The van der Waals surface area contributed by atoms with Crippen LogP contribution >= 0.6 is 15.9 Å². The summed E-state index contributed by atoms with van der Waals surface area (Å²) in [6.07, 6.45) is 0. The first-order chi connectivity index (χ1) is 6.86.